The Hall–Kier alpha value is -3.15. The third-order valence-electron chi connectivity index (χ3n) is 8.75. The lowest BCUT2D eigenvalue weighted by atomic mass is 10.0. The molecule has 2 aliphatic heterocycles. The molecule has 0 spiro atoms. The standard InChI is InChI=1S/C31H33ClFN5O4/c32-30-35-29(37-15-22-12-7-13-23(22)16-37)28-34-14-25(38(28)36-30)31(39)27(33)26(41-18-21-10-5-2-6-11-21)24(42-31)19-40-17-20-8-3-1-4-9-20/h1-6,8-11,14,22-24,26-27,39H,7,12-13,15-19H2/t22?,23?,24-,26-,27+,31?/m1/s1. The van der Waals surface area contributed by atoms with Crippen LogP contribution in [0.3, 0.4) is 0 Å². The smallest absolute Gasteiger partial charge is 0.247 e. The molecule has 6 atom stereocenters. The summed E-state index contributed by atoms with van der Waals surface area (Å²) in [5, 5.41) is 16.1. The molecule has 4 aromatic rings. The summed E-state index contributed by atoms with van der Waals surface area (Å²) >= 11 is 6.38. The molecule has 0 amide bonds. The van der Waals surface area contributed by atoms with Crippen molar-refractivity contribution >= 4 is 23.1 Å². The highest BCUT2D eigenvalue weighted by atomic mass is 35.5. The second-order valence-corrected chi connectivity index (χ2v) is 11.8. The SMILES string of the molecule is OC1(c2cnc3c(N4CC5CCCC5C4)nc(Cl)nn23)O[C@H](COCc2ccccc2)[C@@H](OCc2ccccc2)[C@@H]1F. The maximum Gasteiger partial charge on any atom is 0.247 e. The average Bonchev–Trinajstić information content (AvgIpc) is 3.77. The zero-order valence-electron chi connectivity index (χ0n) is 23.1. The highest BCUT2D eigenvalue weighted by molar-refractivity contribution is 6.28. The van der Waals surface area contributed by atoms with Crippen molar-refractivity contribution in [2.45, 2.75) is 56.6 Å². The molecule has 1 N–H and O–H groups in total. The Kier molecular flexibility index (Phi) is 7.58. The van der Waals surface area contributed by atoms with Crippen molar-refractivity contribution < 1.29 is 23.7 Å². The first-order valence-corrected chi connectivity index (χ1v) is 14.9. The number of benzene rings is 2. The van der Waals surface area contributed by atoms with Crippen molar-refractivity contribution in [3.05, 3.63) is 89.0 Å². The highest BCUT2D eigenvalue weighted by Crippen LogP contribution is 2.43. The monoisotopic (exact) mass is 593 g/mol. The second kappa shape index (κ2) is 11.5. The van der Waals surface area contributed by atoms with Gasteiger partial charge in [0.2, 0.25) is 11.1 Å². The fraction of sp³-hybridized carbons (Fsp3) is 0.452. The van der Waals surface area contributed by atoms with Crippen LogP contribution in [0.4, 0.5) is 10.2 Å². The fourth-order valence-electron chi connectivity index (χ4n) is 6.64. The molecule has 0 radical (unpaired) electrons. The molecule has 1 saturated carbocycles. The van der Waals surface area contributed by atoms with Gasteiger partial charge < -0.3 is 24.2 Å². The zero-order valence-corrected chi connectivity index (χ0v) is 23.8. The molecule has 0 bridgehead atoms. The number of nitrogens with zero attached hydrogens (tertiary/aromatic N) is 5. The summed E-state index contributed by atoms with van der Waals surface area (Å²) in [4.78, 5) is 11.2. The van der Waals surface area contributed by atoms with Gasteiger partial charge in [-0.05, 0) is 47.4 Å². The molecule has 9 nitrogen and oxygen atoms in total. The molecule has 3 fully saturated rings. The Bertz CT molecular complexity index is 1520. The van der Waals surface area contributed by atoms with Gasteiger partial charge in [-0.3, -0.25) is 0 Å². The average molecular weight is 594 g/mol. The van der Waals surface area contributed by atoms with Gasteiger partial charge in [0, 0.05) is 13.1 Å². The third-order valence-corrected chi connectivity index (χ3v) is 8.91. The van der Waals surface area contributed by atoms with E-state index in [2.05, 4.69) is 20.0 Å². The number of imidazole rings is 1. The first-order chi connectivity index (χ1) is 20.5. The number of alkyl halides is 1. The second-order valence-electron chi connectivity index (χ2n) is 11.5. The molecule has 2 aromatic carbocycles. The molecule has 1 aliphatic carbocycles. The Morgan fingerprint density at radius 3 is 2.36 bits per heavy atom. The summed E-state index contributed by atoms with van der Waals surface area (Å²) in [6.07, 6.45) is 1.05. The Balaban J connectivity index is 1.17. The number of anilines is 1. The van der Waals surface area contributed by atoms with E-state index in [1.807, 2.05) is 60.7 Å². The van der Waals surface area contributed by atoms with E-state index >= 15 is 4.39 Å². The van der Waals surface area contributed by atoms with Crippen LogP contribution in [0.1, 0.15) is 36.1 Å². The predicted molar refractivity (Wildman–Crippen MR) is 154 cm³/mol. The predicted octanol–water partition coefficient (Wildman–Crippen LogP) is 4.70. The summed E-state index contributed by atoms with van der Waals surface area (Å²) in [5.74, 6) is -0.597. The maximum absolute atomic E-state index is 16.4. The van der Waals surface area contributed by atoms with Crippen LogP contribution < -0.4 is 4.90 Å². The highest BCUT2D eigenvalue weighted by Gasteiger charge is 2.59. The number of fused-ring (bicyclic) bond motifs is 2. The number of aromatic nitrogens is 4. The number of halogens is 2. The van der Waals surface area contributed by atoms with Crippen LogP contribution in [0.15, 0.2) is 66.9 Å². The first-order valence-electron chi connectivity index (χ1n) is 14.5. The Morgan fingerprint density at radius 2 is 1.67 bits per heavy atom. The minimum absolute atomic E-state index is 0.00532. The van der Waals surface area contributed by atoms with E-state index < -0.39 is 24.2 Å². The summed E-state index contributed by atoms with van der Waals surface area (Å²) in [7, 11) is 0. The summed E-state index contributed by atoms with van der Waals surface area (Å²) < 4.78 is 35.8. The van der Waals surface area contributed by atoms with Crippen LogP contribution in [0, 0.1) is 11.8 Å². The van der Waals surface area contributed by atoms with Crippen molar-refractivity contribution in [1.82, 2.24) is 19.6 Å². The van der Waals surface area contributed by atoms with E-state index in [0.29, 0.717) is 29.9 Å². The van der Waals surface area contributed by atoms with Crippen LogP contribution in [0.5, 0.6) is 0 Å². The lowest BCUT2D eigenvalue weighted by Gasteiger charge is -2.24. The van der Waals surface area contributed by atoms with Crippen LogP contribution in [-0.2, 0) is 33.2 Å². The number of ether oxygens (including phenoxy) is 3. The van der Waals surface area contributed by atoms with Gasteiger partial charge in [0.1, 0.15) is 17.9 Å². The van der Waals surface area contributed by atoms with Gasteiger partial charge >= 0.3 is 0 Å². The fourth-order valence-corrected chi connectivity index (χ4v) is 6.79. The minimum Gasteiger partial charge on any atom is -0.374 e. The van der Waals surface area contributed by atoms with E-state index in [1.54, 1.807) is 0 Å². The quantitative estimate of drug-likeness (QED) is 0.299. The topological polar surface area (TPSA) is 94.2 Å². The van der Waals surface area contributed by atoms with E-state index in [-0.39, 0.29) is 24.2 Å². The van der Waals surface area contributed by atoms with Gasteiger partial charge in [-0.15, -0.1) is 5.10 Å². The molecule has 2 aromatic heterocycles. The van der Waals surface area contributed by atoms with Crippen molar-refractivity contribution in [2.75, 3.05) is 24.6 Å². The maximum atomic E-state index is 16.4. The Labute approximate surface area is 248 Å². The molecule has 7 rings (SSSR count). The molecule has 2 saturated heterocycles. The molecule has 3 unspecified atom stereocenters. The molecule has 3 aliphatic rings. The van der Waals surface area contributed by atoms with Crippen molar-refractivity contribution in [2.24, 2.45) is 11.8 Å². The summed E-state index contributed by atoms with van der Waals surface area (Å²) in [6.45, 7) is 2.17. The largest absolute Gasteiger partial charge is 0.374 e. The summed E-state index contributed by atoms with van der Waals surface area (Å²) in [5.41, 5.74) is 2.26. The number of hydrogen-bond acceptors (Lipinski definition) is 8. The van der Waals surface area contributed by atoms with E-state index in [9.17, 15) is 5.11 Å². The molecule has 11 heteroatoms. The van der Waals surface area contributed by atoms with Crippen molar-refractivity contribution in [3.63, 3.8) is 0 Å². The van der Waals surface area contributed by atoms with E-state index in [0.717, 1.165) is 24.2 Å². The Morgan fingerprint density at radius 1 is 1.00 bits per heavy atom. The summed E-state index contributed by atoms with van der Waals surface area (Å²) in [6, 6.07) is 19.1. The minimum atomic E-state index is -2.40. The first kappa shape index (κ1) is 27.7. The number of hydrogen-bond donors (Lipinski definition) is 1. The van der Waals surface area contributed by atoms with Gasteiger partial charge in [0.15, 0.2) is 17.6 Å². The van der Waals surface area contributed by atoms with Crippen LogP contribution >= 0.6 is 11.6 Å². The van der Waals surface area contributed by atoms with Crippen molar-refractivity contribution in [1.29, 1.82) is 0 Å². The van der Waals surface area contributed by atoms with Gasteiger partial charge in [-0.2, -0.15) is 4.98 Å². The third kappa shape index (κ3) is 5.16. The number of aliphatic hydroxyl groups is 1. The molecular formula is C31H33ClFN5O4. The van der Waals surface area contributed by atoms with Gasteiger partial charge in [-0.1, -0.05) is 67.1 Å². The van der Waals surface area contributed by atoms with E-state index in [4.69, 9.17) is 25.8 Å². The number of rotatable bonds is 9. The zero-order chi connectivity index (χ0) is 28.7. The van der Waals surface area contributed by atoms with Gasteiger partial charge in [0.25, 0.3) is 0 Å². The normalized spacial score (nSPS) is 29.0. The van der Waals surface area contributed by atoms with Gasteiger partial charge in [-0.25, -0.2) is 13.9 Å². The molecule has 4 heterocycles. The lowest BCUT2D eigenvalue weighted by Crippen LogP contribution is -2.40. The van der Waals surface area contributed by atoms with Crippen molar-refractivity contribution in [3.8, 4) is 0 Å². The van der Waals surface area contributed by atoms with Crippen LogP contribution in [-0.4, -0.2) is 62.8 Å². The molecule has 220 valence electrons. The van der Waals surface area contributed by atoms with Crippen LogP contribution in [0.25, 0.3) is 5.65 Å². The van der Waals surface area contributed by atoms with Crippen LogP contribution in [0.2, 0.25) is 5.28 Å². The van der Waals surface area contributed by atoms with Gasteiger partial charge in [0.05, 0.1) is 26.0 Å². The molecule has 42 heavy (non-hydrogen) atoms. The lowest BCUT2D eigenvalue weighted by molar-refractivity contribution is -0.232. The molecular weight excluding hydrogens is 561 g/mol. The van der Waals surface area contributed by atoms with E-state index in [1.165, 1.54) is 30.0 Å².